The highest BCUT2D eigenvalue weighted by Crippen LogP contribution is 2.41. The number of fused-ring (bicyclic) bond motifs is 1. The van der Waals surface area contributed by atoms with Crippen molar-refractivity contribution < 1.29 is 14.2 Å². The normalized spacial score (nSPS) is 10.6. The predicted molar refractivity (Wildman–Crippen MR) is 79.0 cm³/mol. The van der Waals surface area contributed by atoms with Crippen molar-refractivity contribution in [3.8, 4) is 28.5 Å². The number of nitrogens with zero attached hydrogens (tertiary/aromatic N) is 2. The summed E-state index contributed by atoms with van der Waals surface area (Å²) in [6, 6.07) is 5.60. The molecule has 3 rings (SSSR count). The molecule has 108 valence electrons. The summed E-state index contributed by atoms with van der Waals surface area (Å²) >= 11 is 0. The molecule has 6 nitrogen and oxygen atoms in total. The Hall–Kier alpha value is -2.76. The molecule has 0 amide bonds. The lowest BCUT2D eigenvalue weighted by Crippen LogP contribution is -1.96. The Morgan fingerprint density at radius 1 is 0.952 bits per heavy atom. The van der Waals surface area contributed by atoms with Gasteiger partial charge in [-0.15, -0.1) is 0 Å². The third-order valence-corrected chi connectivity index (χ3v) is 3.28. The molecule has 0 aliphatic heterocycles. The smallest absolute Gasteiger partial charge is 0.203 e. The first-order valence-corrected chi connectivity index (χ1v) is 6.37. The summed E-state index contributed by atoms with van der Waals surface area (Å²) in [4.78, 5) is 11.8. The lowest BCUT2D eigenvalue weighted by molar-refractivity contribution is 0.324. The van der Waals surface area contributed by atoms with Gasteiger partial charge in [0.25, 0.3) is 0 Å². The molecular weight excluding hydrogens is 270 g/mol. The van der Waals surface area contributed by atoms with Gasteiger partial charge in [-0.1, -0.05) is 0 Å². The number of aromatic nitrogens is 3. The minimum absolute atomic E-state index is 0.554. The number of ether oxygens (including phenoxy) is 3. The highest BCUT2D eigenvalue weighted by atomic mass is 16.5. The Bertz CT molecular complexity index is 758. The average Bonchev–Trinajstić information content (AvgIpc) is 3.01. The van der Waals surface area contributed by atoms with Crippen LogP contribution in [0.3, 0.4) is 0 Å². The Morgan fingerprint density at radius 3 is 2.29 bits per heavy atom. The largest absolute Gasteiger partial charge is 0.493 e. The van der Waals surface area contributed by atoms with E-state index in [1.807, 2.05) is 18.2 Å². The summed E-state index contributed by atoms with van der Waals surface area (Å²) < 4.78 is 16.1. The topological polar surface area (TPSA) is 69.3 Å². The molecule has 21 heavy (non-hydrogen) atoms. The molecular formula is C15H15N3O3. The molecule has 2 heterocycles. The van der Waals surface area contributed by atoms with E-state index in [-0.39, 0.29) is 0 Å². The maximum absolute atomic E-state index is 5.37. The zero-order valence-electron chi connectivity index (χ0n) is 12.0. The van der Waals surface area contributed by atoms with Crippen LogP contribution in [0.4, 0.5) is 0 Å². The quantitative estimate of drug-likeness (QED) is 0.798. The van der Waals surface area contributed by atoms with Crippen molar-refractivity contribution in [2.75, 3.05) is 21.3 Å². The molecule has 0 bridgehead atoms. The van der Waals surface area contributed by atoms with Crippen LogP contribution in [0, 0.1) is 0 Å². The fourth-order valence-electron chi connectivity index (χ4n) is 2.30. The highest BCUT2D eigenvalue weighted by molar-refractivity contribution is 5.90. The van der Waals surface area contributed by atoms with E-state index in [4.69, 9.17) is 14.2 Å². The van der Waals surface area contributed by atoms with Crippen molar-refractivity contribution >= 4 is 11.0 Å². The highest BCUT2D eigenvalue weighted by Gasteiger charge is 2.16. The van der Waals surface area contributed by atoms with Gasteiger partial charge in [0.2, 0.25) is 5.75 Å². The third-order valence-electron chi connectivity index (χ3n) is 3.28. The summed E-state index contributed by atoms with van der Waals surface area (Å²) in [5, 5.41) is 0. The number of aromatic amines is 1. The maximum atomic E-state index is 5.37. The first-order valence-electron chi connectivity index (χ1n) is 6.37. The van der Waals surface area contributed by atoms with Crippen LogP contribution in [0.5, 0.6) is 17.2 Å². The Morgan fingerprint density at radius 2 is 1.67 bits per heavy atom. The van der Waals surface area contributed by atoms with E-state index in [0.717, 1.165) is 22.3 Å². The lowest BCUT2D eigenvalue weighted by Gasteiger charge is -2.14. The van der Waals surface area contributed by atoms with Crippen molar-refractivity contribution in [2.45, 2.75) is 0 Å². The number of pyridine rings is 1. The number of benzene rings is 1. The molecule has 6 heteroatoms. The van der Waals surface area contributed by atoms with Gasteiger partial charge in [0.15, 0.2) is 11.5 Å². The molecule has 0 aliphatic carbocycles. The van der Waals surface area contributed by atoms with Crippen molar-refractivity contribution in [3.63, 3.8) is 0 Å². The number of rotatable bonds is 4. The molecule has 3 aromatic rings. The van der Waals surface area contributed by atoms with Crippen LogP contribution in [-0.4, -0.2) is 36.3 Å². The fourth-order valence-corrected chi connectivity index (χ4v) is 2.30. The molecule has 1 N–H and O–H groups in total. The van der Waals surface area contributed by atoms with E-state index in [1.165, 1.54) is 0 Å². The number of H-pyrrole nitrogens is 1. The summed E-state index contributed by atoms with van der Waals surface area (Å²) in [5.41, 5.74) is 3.33. The van der Waals surface area contributed by atoms with Gasteiger partial charge >= 0.3 is 0 Å². The van der Waals surface area contributed by atoms with Crippen LogP contribution >= 0.6 is 0 Å². The Kier molecular flexibility index (Phi) is 3.35. The molecule has 1 aromatic carbocycles. The van der Waals surface area contributed by atoms with Gasteiger partial charge < -0.3 is 19.2 Å². The Labute approximate surface area is 121 Å². The van der Waals surface area contributed by atoms with Gasteiger partial charge in [-0.05, 0) is 18.2 Å². The van der Waals surface area contributed by atoms with E-state index in [2.05, 4.69) is 15.0 Å². The minimum atomic E-state index is 0.554. The SMILES string of the molecule is COc1cc(-c2nccc3[nH]cnc23)cc(OC)c1OC. The molecule has 0 aliphatic rings. The van der Waals surface area contributed by atoms with Crippen LogP contribution in [0.1, 0.15) is 0 Å². The van der Waals surface area contributed by atoms with Crippen LogP contribution in [0.2, 0.25) is 0 Å². The van der Waals surface area contributed by atoms with Crippen molar-refractivity contribution in [1.29, 1.82) is 0 Å². The predicted octanol–water partition coefficient (Wildman–Crippen LogP) is 2.65. The zero-order chi connectivity index (χ0) is 14.8. The second-order valence-corrected chi connectivity index (χ2v) is 4.37. The van der Waals surface area contributed by atoms with E-state index in [1.54, 1.807) is 33.9 Å². The van der Waals surface area contributed by atoms with Crippen LogP contribution in [0.25, 0.3) is 22.3 Å². The molecule has 0 fully saturated rings. The van der Waals surface area contributed by atoms with E-state index in [9.17, 15) is 0 Å². The first-order chi connectivity index (χ1) is 10.3. The van der Waals surface area contributed by atoms with E-state index in [0.29, 0.717) is 17.2 Å². The molecule has 0 unspecified atom stereocenters. The molecule has 0 saturated heterocycles. The molecule has 0 saturated carbocycles. The first kappa shape index (κ1) is 13.2. The van der Waals surface area contributed by atoms with Gasteiger partial charge in [0.05, 0.1) is 38.9 Å². The van der Waals surface area contributed by atoms with Gasteiger partial charge in [0, 0.05) is 11.8 Å². The Balaban J connectivity index is 2.25. The number of imidazole rings is 1. The van der Waals surface area contributed by atoms with Gasteiger partial charge in [-0.2, -0.15) is 0 Å². The second kappa shape index (κ2) is 5.32. The summed E-state index contributed by atoms with van der Waals surface area (Å²) in [7, 11) is 4.75. The molecule has 0 spiro atoms. The van der Waals surface area contributed by atoms with Gasteiger partial charge in [-0.3, -0.25) is 4.98 Å². The van der Waals surface area contributed by atoms with E-state index >= 15 is 0 Å². The fraction of sp³-hybridized carbons (Fsp3) is 0.200. The summed E-state index contributed by atoms with van der Waals surface area (Å²) in [6.07, 6.45) is 3.38. The van der Waals surface area contributed by atoms with E-state index < -0.39 is 0 Å². The molecule has 0 radical (unpaired) electrons. The number of methoxy groups -OCH3 is 3. The number of hydrogen-bond acceptors (Lipinski definition) is 5. The molecule has 2 aromatic heterocycles. The van der Waals surface area contributed by atoms with Crippen molar-refractivity contribution in [1.82, 2.24) is 15.0 Å². The van der Waals surface area contributed by atoms with Crippen molar-refractivity contribution in [2.24, 2.45) is 0 Å². The second-order valence-electron chi connectivity index (χ2n) is 4.37. The molecule has 0 atom stereocenters. The van der Waals surface area contributed by atoms with Gasteiger partial charge in [0.1, 0.15) is 5.52 Å². The van der Waals surface area contributed by atoms with Crippen LogP contribution < -0.4 is 14.2 Å². The van der Waals surface area contributed by atoms with Crippen molar-refractivity contribution in [3.05, 3.63) is 30.7 Å². The van der Waals surface area contributed by atoms with Crippen LogP contribution in [0.15, 0.2) is 30.7 Å². The van der Waals surface area contributed by atoms with Crippen LogP contribution in [-0.2, 0) is 0 Å². The maximum Gasteiger partial charge on any atom is 0.203 e. The third kappa shape index (κ3) is 2.14. The van der Waals surface area contributed by atoms with Gasteiger partial charge in [-0.25, -0.2) is 4.98 Å². The lowest BCUT2D eigenvalue weighted by atomic mass is 10.1. The number of hydrogen-bond donors (Lipinski definition) is 1. The minimum Gasteiger partial charge on any atom is -0.493 e. The number of nitrogens with one attached hydrogen (secondary N) is 1. The average molecular weight is 285 g/mol. The monoisotopic (exact) mass is 285 g/mol. The zero-order valence-corrected chi connectivity index (χ0v) is 12.0. The summed E-state index contributed by atoms with van der Waals surface area (Å²) in [6.45, 7) is 0. The summed E-state index contributed by atoms with van der Waals surface area (Å²) in [5.74, 6) is 1.72. The standard InChI is InChI=1S/C15H15N3O3/c1-19-11-6-9(7-12(20-2)15(11)21-3)13-14-10(4-5-16-13)17-8-18-14/h4-8H,1-3H3,(H,17,18).